The van der Waals surface area contributed by atoms with Crippen molar-refractivity contribution in [1.82, 2.24) is 10.2 Å². The summed E-state index contributed by atoms with van der Waals surface area (Å²) in [6.45, 7) is 11.7. The van der Waals surface area contributed by atoms with E-state index in [4.69, 9.17) is 5.73 Å². The maximum atomic E-state index is 12.0. The van der Waals surface area contributed by atoms with Gasteiger partial charge in [-0.3, -0.25) is 9.59 Å². The van der Waals surface area contributed by atoms with Gasteiger partial charge in [-0.25, -0.2) is 0 Å². The standard InChI is InChI=1S/C12H22N2O.C6H14.C5H9NO/c15-12(14-8-6-13-7-9-14)10-11-4-2-1-3-5-11;1-3-5-6-4-2;1-3-4(2)5(6)7/h11,13H,1-10H2;3-6H2,1-2H3;3H,1-2H3,(H2,6,7)/b;;4-3+. The van der Waals surface area contributed by atoms with Crippen molar-refractivity contribution in [3.63, 3.8) is 0 Å². The molecule has 28 heavy (non-hydrogen) atoms. The van der Waals surface area contributed by atoms with E-state index in [1.54, 1.807) is 19.9 Å². The van der Waals surface area contributed by atoms with Crippen molar-refractivity contribution in [3.8, 4) is 0 Å². The molecule has 1 saturated heterocycles. The molecule has 0 aromatic rings. The van der Waals surface area contributed by atoms with Crippen molar-refractivity contribution in [2.75, 3.05) is 26.2 Å². The maximum Gasteiger partial charge on any atom is 0.243 e. The Morgan fingerprint density at radius 2 is 1.57 bits per heavy atom. The van der Waals surface area contributed by atoms with Gasteiger partial charge in [0, 0.05) is 38.2 Å². The molecule has 5 nitrogen and oxygen atoms in total. The Kier molecular flexibility index (Phi) is 16.9. The average molecular weight is 396 g/mol. The molecule has 5 heteroatoms. The van der Waals surface area contributed by atoms with Gasteiger partial charge in [-0.15, -0.1) is 0 Å². The van der Waals surface area contributed by atoms with Gasteiger partial charge in [-0.1, -0.05) is 64.9 Å². The van der Waals surface area contributed by atoms with Crippen molar-refractivity contribution < 1.29 is 9.59 Å². The predicted octanol–water partition coefficient (Wildman–Crippen LogP) is 4.41. The third kappa shape index (κ3) is 13.8. The first-order chi connectivity index (χ1) is 13.5. The number of carbonyl (C=O) groups excluding carboxylic acids is 2. The molecule has 0 atom stereocenters. The first-order valence-corrected chi connectivity index (χ1v) is 11.4. The number of carbonyl (C=O) groups is 2. The number of hydrogen-bond donors (Lipinski definition) is 2. The second kappa shape index (κ2) is 17.7. The predicted molar refractivity (Wildman–Crippen MR) is 119 cm³/mol. The molecule has 164 valence electrons. The molecule has 1 aliphatic heterocycles. The fraction of sp³-hybridized carbons (Fsp3) is 0.826. The lowest BCUT2D eigenvalue weighted by molar-refractivity contribution is -0.133. The summed E-state index contributed by atoms with van der Waals surface area (Å²) in [5.41, 5.74) is 5.45. The van der Waals surface area contributed by atoms with Crippen molar-refractivity contribution in [3.05, 3.63) is 11.6 Å². The summed E-state index contributed by atoms with van der Waals surface area (Å²) in [6.07, 6.45) is 14.6. The van der Waals surface area contributed by atoms with E-state index in [-0.39, 0.29) is 5.91 Å². The molecule has 0 spiro atoms. The largest absolute Gasteiger partial charge is 0.366 e. The van der Waals surface area contributed by atoms with E-state index in [0.29, 0.717) is 17.4 Å². The van der Waals surface area contributed by atoms with Gasteiger partial charge in [0.05, 0.1) is 0 Å². The fourth-order valence-electron chi connectivity index (χ4n) is 3.32. The molecular weight excluding hydrogens is 350 g/mol. The number of amides is 2. The van der Waals surface area contributed by atoms with E-state index in [1.165, 1.54) is 57.8 Å². The van der Waals surface area contributed by atoms with Crippen molar-refractivity contribution in [2.45, 2.75) is 91.9 Å². The van der Waals surface area contributed by atoms with Crippen LogP contribution in [0.15, 0.2) is 11.6 Å². The lowest BCUT2D eigenvalue weighted by Crippen LogP contribution is -2.46. The maximum absolute atomic E-state index is 12.0. The molecule has 0 aromatic carbocycles. The number of hydrogen-bond acceptors (Lipinski definition) is 3. The lowest BCUT2D eigenvalue weighted by atomic mass is 9.86. The van der Waals surface area contributed by atoms with Crippen LogP contribution < -0.4 is 11.1 Å². The first-order valence-electron chi connectivity index (χ1n) is 11.4. The van der Waals surface area contributed by atoms with E-state index in [9.17, 15) is 9.59 Å². The van der Waals surface area contributed by atoms with Crippen LogP contribution in [0.4, 0.5) is 0 Å². The SMILES string of the molecule is C/C=C(\C)C(N)=O.CCCCCC.O=C(CC1CCCCC1)N1CCNCC1. The van der Waals surface area contributed by atoms with Gasteiger partial charge in [0.15, 0.2) is 0 Å². The highest BCUT2D eigenvalue weighted by molar-refractivity contribution is 5.91. The van der Waals surface area contributed by atoms with Crippen molar-refractivity contribution >= 4 is 11.8 Å². The number of allylic oxidation sites excluding steroid dienone is 1. The quantitative estimate of drug-likeness (QED) is 0.516. The van der Waals surface area contributed by atoms with Gasteiger partial charge >= 0.3 is 0 Å². The molecule has 0 aromatic heterocycles. The Balaban J connectivity index is 0.000000471. The van der Waals surface area contributed by atoms with Gasteiger partial charge in [0.2, 0.25) is 11.8 Å². The molecular formula is C23H45N3O2. The second-order valence-electron chi connectivity index (χ2n) is 7.88. The summed E-state index contributed by atoms with van der Waals surface area (Å²) in [6, 6.07) is 0. The smallest absolute Gasteiger partial charge is 0.243 e. The van der Waals surface area contributed by atoms with Crippen LogP contribution in [0.5, 0.6) is 0 Å². The third-order valence-corrected chi connectivity index (χ3v) is 5.44. The molecule has 2 rings (SSSR count). The number of primary amides is 1. The van der Waals surface area contributed by atoms with Crippen molar-refractivity contribution in [1.29, 1.82) is 0 Å². The molecule has 1 heterocycles. The highest BCUT2D eigenvalue weighted by Crippen LogP contribution is 2.26. The van der Waals surface area contributed by atoms with Crippen LogP contribution in [0.25, 0.3) is 0 Å². The average Bonchev–Trinajstić information content (AvgIpc) is 2.73. The van der Waals surface area contributed by atoms with Gasteiger partial charge in [0.25, 0.3) is 0 Å². The molecule has 2 aliphatic rings. The number of piperazine rings is 1. The monoisotopic (exact) mass is 395 g/mol. The Labute approximate surface area is 173 Å². The van der Waals surface area contributed by atoms with Crippen LogP contribution in [0.3, 0.4) is 0 Å². The zero-order valence-electron chi connectivity index (χ0n) is 18.9. The fourth-order valence-corrected chi connectivity index (χ4v) is 3.32. The van der Waals surface area contributed by atoms with Gasteiger partial charge in [0.1, 0.15) is 0 Å². The lowest BCUT2D eigenvalue weighted by Gasteiger charge is -2.30. The summed E-state index contributed by atoms with van der Waals surface area (Å²) in [4.78, 5) is 24.1. The Morgan fingerprint density at radius 3 is 1.96 bits per heavy atom. The Morgan fingerprint density at radius 1 is 1.04 bits per heavy atom. The Bertz CT molecular complexity index is 433. The molecule has 0 bridgehead atoms. The van der Waals surface area contributed by atoms with Crippen LogP contribution in [-0.4, -0.2) is 42.9 Å². The number of nitrogens with one attached hydrogen (secondary N) is 1. The van der Waals surface area contributed by atoms with E-state index < -0.39 is 0 Å². The highest BCUT2D eigenvalue weighted by Gasteiger charge is 2.21. The minimum Gasteiger partial charge on any atom is -0.366 e. The normalized spacial score (nSPS) is 17.7. The van der Waals surface area contributed by atoms with E-state index in [0.717, 1.165) is 32.6 Å². The molecule has 0 unspecified atom stereocenters. The number of unbranched alkanes of at least 4 members (excludes halogenated alkanes) is 3. The van der Waals surface area contributed by atoms with E-state index >= 15 is 0 Å². The Hall–Kier alpha value is -1.36. The number of nitrogens with zero attached hydrogens (tertiary/aromatic N) is 1. The number of rotatable bonds is 6. The van der Waals surface area contributed by atoms with E-state index in [1.807, 2.05) is 4.90 Å². The van der Waals surface area contributed by atoms with Crippen molar-refractivity contribution in [2.24, 2.45) is 11.7 Å². The van der Waals surface area contributed by atoms with Gasteiger partial charge in [-0.2, -0.15) is 0 Å². The molecule has 3 N–H and O–H groups in total. The minimum atomic E-state index is -0.345. The molecule has 1 saturated carbocycles. The minimum absolute atomic E-state index is 0.345. The molecule has 2 amide bonds. The summed E-state index contributed by atoms with van der Waals surface area (Å²) in [5.74, 6) is 0.729. The van der Waals surface area contributed by atoms with Crippen LogP contribution in [-0.2, 0) is 9.59 Å². The first kappa shape index (κ1) is 26.6. The molecule has 1 aliphatic carbocycles. The van der Waals surface area contributed by atoms with E-state index in [2.05, 4.69) is 19.2 Å². The molecule has 2 fully saturated rings. The van der Waals surface area contributed by atoms with Crippen LogP contribution in [0.1, 0.15) is 91.9 Å². The van der Waals surface area contributed by atoms with Crippen LogP contribution in [0.2, 0.25) is 0 Å². The zero-order valence-corrected chi connectivity index (χ0v) is 18.9. The van der Waals surface area contributed by atoms with Crippen LogP contribution >= 0.6 is 0 Å². The van der Waals surface area contributed by atoms with Gasteiger partial charge < -0.3 is 16.0 Å². The second-order valence-corrected chi connectivity index (χ2v) is 7.88. The summed E-state index contributed by atoms with van der Waals surface area (Å²) in [5, 5.41) is 3.28. The molecule has 0 radical (unpaired) electrons. The summed E-state index contributed by atoms with van der Waals surface area (Å²) in [7, 11) is 0. The number of nitrogens with two attached hydrogens (primary N) is 1. The third-order valence-electron chi connectivity index (χ3n) is 5.44. The van der Waals surface area contributed by atoms with Gasteiger partial charge in [-0.05, 0) is 32.6 Å². The topological polar surface area (TPSA) is 75.4 Å². The van der Waals surface area contributed by atoms with Crippen LogP contribution in [0, 0.1) is 5.92 Å². The highest BCUT2D eigenvalue weighted by atomic mass is 16.2. The summed E-state index contributed by atoms with van der Waals surface area (Å²) >= 11 is 0. The zero-order chi connectivity index (χ0) is 21.2. The summed E-state index contributed by atoms with van der Waals surface area (Å²) < 4.78 is 0.